The van der Waals surface area contributed by atoms with E-state index in [2.05, 4.69) is 10.4 Å². The van der Waals surface area contributed by atoms with Crippen molar-refractivity contribution in [3.8, 4) is 16.9 Å². The van der Waals surface area contributed by atoms with Crippen LogP contribution in [0.5, 0.6) is 0 Å². The Balaban J connectivity index is 2.09. The lowest BCUT2D eigenvalue weighted by atomic mass is 10.1. The Morgan fingerprint density at radius 3 is 2.48 bits per heavy atom. The van der Waals surface area contributed by atoms with E-state index in [1.54, 1.807) is 36.4 Å². The number of aromatic nitrogens is 2. The van der Waals surface area contributed by atoms with Crippen LogP contribution in [-0.2, 0) is 0 Å². The third kappa shape index (κ3) is 4.31. The number of rotatable bonds is 5. The van der Waals surface area contributed by atoms with E-state index >= 15 is 0 Å². The van der Waals surface area contributed by atoms with Crippen LogP contribution in [0, 0.1) is 5.82 Å². The van der Waals surface area contributed by atoms with Gasteiger partial charge in [-0.1, -0.05) is 30.1 Å². The molecule has 7 heteroatoms. The summed E-state index contributed by atoms with van der Waals surface area (Å²) >= 11 is 12.1. The van der Waals surface area contributed by atoms with Crippen LogP contribution in [0.4, 0.5) is 4.39 Å². The van der Waals surface area contributed by atoms with Gasteiger partial charge in [0.2, 0.25) is 0 Å². The molecule has 140 valence electrons. The molecule has 0 unspecified atom stereocenters. The molecular formula is C20H18Cl2FN3O. The van der Waals surface area contributed by atoms with E-state index in [0.717, 1.165) is 6.42 Å². The molecule has 4 nitrogen and oxygen atoms in total. The van der Waals surface area contributed by atoms with Crippen molar-refractivity contribution in [2.24, 2.45) is 0 Å². The largest absolute Gasteiger partial charge is 0.348 e. The van der Waals surface area contributed by atoms with E-state index < -0.39 is 0 Å². The van der Waals surface area contributed by atoms with Crippen LogP contribution in [0.2, 0.25) is 10.0 Å². The topological polar surface area (TPSA) is 46.9 Å². The van der Waals surface area contributed by atoms with Gasteiger partial charge >= 0.3 is 0 Å². The Kier molecular flexibility index (Phi) is 5.82. The Bertz CT molecular complexity index is 970. The third-order valence-electron chi connectivity index (χ3n) is 4.22. The second-order valence-electron chi connectivity index (χ2n) is 6.21. The summed E-state index contributed by atoms with van der Waals surface area (Å²) in [7, 11) is 0. The molecule has 0 saturated heterocycles. The highest BCUT2D eigenvalue weighted by molar-refractivity contribution is 6.42. The number of benzene rings is 2. The average molecular weight is 406 g/mol. The predicted octanol–water partition coefficient (Wildman–Crippen LogP) is 5.51. The molecule has 3 aromatic rings. The van der Waals surface area contributed by atoms with Gasteiger partial charge in [0.15, 0.2) is 0 Å². The summed E-state index contributed by atoms with van der Waals surface area (Å²) in [6, 6.07) is 12.7. The maximum Gasteiger partial charge on any atom is 0.270 e. The summed E-state index contributed by atoms with van der Waals surface area (Å²) < 4.78 is 14.7. The summed E-state index contributed by atoms with van der Waals surface area (Å²) in [6.45, 7) is 3.92. The number of hydrogen-bond donors (Lipinski definition) is 1. The first-order chi connectivity index (χ1) is 12.9. The molecule has 0 spiro atoms. The van der Waals surface area contributed by atoms with Gasteiger partial charge in [-0.2, -0.15) is 5.10 Å². The fourth-order valence-corrected chi connectivity index (χ4v) is 2.81. The Hall–Kier alpha value is -2.37. The van der Waals surface area contributed by atoms with Crippen LogP contribution < -0.4 is 5.32 Å². The molecule has 3 rings (SSSR count). The molecule has 0 fully saturated rings. The van der Waals surface area contributed by atoms with Crippen molar-refractivity contribution in [1.82, 2.24) is 15.1 Å². The smallest absolute Gasteiger partial charge is 0.270 e. The van der Waals surface area contributed by atoms with Crippen molar-refractivity contribution in [3.63, 3.8) is 0 Å². The molecule has 0 saturated carbocycles. The Morgan fingerprint density at radius 2 is 1.85 bits per heavy atom. The highest BCUT2D eigenvalue weighted by atomic mass is 35.5. The lowest BCUT2D eigenvalue weighted by Gasteiger charge is -2.12. The van der Waals surface area contributed by atoms with E-state index in [9.17, 15) is 9.18 Å². The molecule has 1 aromatic heterocycles. The maximum absolute atomic E-state index is 13.2. The Labute approximate surface area is 166 Å². The summed E-state index contributed by atoms with van der Waals surface area (Å²) in [5.41, 5.74) is 2.21. The van der Waals surface area contributed by atoms with Gasteiger partial charge in [0, 0.05) is 11.6 Å². The normalized spacial score (nSPS) is 12.0. The number of carbonyl (C=O) groups excluding carboxylic acids is 1. The lowest BCUT2D eigenvalue weighted by Crippen LogP contribution is -2.33. The average Bonchev–Trinajstić information content (AvgIpc) is 3.10. The van der Waals surface area contributed by atoms with Crippen molar-refractivity contribution in [1.29, 1.82) is 0 Å². The minimum Gasteiger partial charge on any atom is -0.348 e. The number of halogens is 3. The van der Waals surface area contributed by atoms with Crippen molar-refractivity contribution < 1.29 is 9.18 Å². The first-order valence-corrected chi connectivity index (χ1v) is 9.27. The van der Waals surface area contributed by atoms with Gasteiger partial charge in [-0.05, 0) is 61.9 Å². The monoisotopic (exact) mass is 405 g/mol. The third-order valence-corrected chi connectivity index (χ3v) is 4.96. The van der Waals surface area contributed by atoms with E-state index in [0.29, 0.717) is 32.7 Å². The first-order valence-electron chi connectivity index (χ1n) is 8.51. The summed E-state index contributed by atoms with van der Waals surface area (Å²) in [4.78, 5) is 12.8. The quantitative estimate of drug-likeness (QED) is 0.607. The standard InChI is InChI=1S/C20H18Cl2FN3O/c1-3-12(2)24-20(27)19-11-18(13-4-6-14(23)7-5-13)25-26(19)15-8-9-16(21)17(22)10-15/h4-12H,3H2,1-2H3,(H,24,27)/t12-/m0/s1. The van der Waals surface area contributed by atoms with E-state index in [-0.39, 0.29) is 17.8 Å². The molecule has 0 aliphatic heterocycles. The molecule has 27 heavy (non-hydrogen) atoms. The van der Waals surface area contributed by atoms with Crippen LogP contribution in [0.25, 0.3) is 16.9 Å². The van der Waals surface area contributed by atoms with Gasteiger partial charge in [-0.3, -0.25) is 4.79 Å². The molecule has 0 radical (unpaired) electrons. The van der Waals surface area contributed by atoms with Crippen LogP contribution in [0.1, 0.15) is 30.8 Å². The van der Waals surface area contributed by atoms with Gasteiger partial charge in [0.25, 0.3) is 5.91 Å². The van der Waals surface area contributed by atoms with Crippen LogP contribution in [0.3, 0.4) is 0 Å². The van der Waals surface area contributed by atoms with Gasteiger partial charge in [-0.15, -0.1) is 0 Å². The lowest BCUT2D eigenvalue weighted by molar-refractivity contribution is 0.0931. The zero-order valence-electron chi connectivity index (χ0n) is 14.8. The second kappa shape index (κ2) is 8.11. The summed E-state index contributed by atoms with van der Waals surface area (Å²) in [6.07, 6.45) is 0.803. The summed E-state index contributed by atoms with van der Waals surface area (Å²) in [5.74, 6) is -0.589. The van der Waals surface area contributed by atoms with Crippen molar-refractivity contribution in [3.05, 3.63) is 70.1 Å². The van der Waals surface area contributed by atoms with Gasteiger partial charge < -0.3 is 5.32 Å². The number of nitrogens with zero attached hydrogens (tertiary/aromatic N) is 2. The number of nitrogens with one attached hydrogen (secondary N) is 1. The maximum atomic E-state index is 13.2. The molecule has 0 bridgehead atoms. The number of carbonyl (C=O) groups is 1. The highest BCUT2D eigenvalue weighted by Gasteiger charge is 2.19. The van der Waals surface area contributed by atoms with Crippen LogP contribution >= 0.6 is 23.2 Å². The van der Waals surface area contributed by atoms with Gasteiger partial charge in [0.05, 0.1) is 21.4 Å². The van der Waals surface area contributed by atoms with E-state index in [1.807, 2.05) is 13.8 Å². The van der Waals surface area contributed by atoms with Crippen molar-refractivity contribution in [2.45, 2.75) is 26.3 Å². The molecule has 0 aliphatic rings. The SMILES string of the molecule is CC[C@H](C)NC(=O)c1cc(-c2ccc(F)cc2)nn1-c1ccc(Cl)c(Cl)c1. The van der Waals surface area contributed by atoms with Crippen LogP contribution in [0.15, 0.2) is 48.5 Å². The molecule has 1 heterocycles. The molecule has 2 aromatic carbocycles. The predicted molar refractivity (Wildman–Crippen MR) is 106 cm³/mol. The van der Waals surface area contributed by atoms with Crippen molar-refractivity contribution >= 4 is 29.1 Å². The van der Waals surface area contributed by atoms with Crippen molar-refractivity contribution in [2.75, 3.05) is 0 Å². The van der Waals surface area contributed by atoms with E-state index in [4.69, 9.17) is 23.2 Å². The second-order valence-corrected chi connectivity index (χ2v) is 7.03. The van der Waals surface area contributed by atoms with Gasteiger partial charge in [0.1, 0.15) is 11.5 Å². The first kappa shape index (κ1) is 19.4. The van der Waals surface area contributed by atoms with E-state index in [1.165, 1.54) is 16.8 Å². The fourth-order valence-electron chi connectivity index (χ4n) is 2.52. The minimum atomic E-state index is -0.336. The number of amides is 1. The molecule has 1 atom stereocenters. The van der Waals surface area contributed by atoms with Crippen LogP contribution in [-0.4, -0.2) is 21.7 Å². The number of hydrogen-bond acceptors (Lipinski definition) is 2. The minimum absolute atomic E-state index is 0.0175. The Morgan fingerprint density at radius 1 is 1.15 bits per heavy atom. The zero-order valence-corrected chi connectivity index (χ0v) is 16.4. The zero-order chi connectivity index (χ0) is 19.6. The highest BCUT2D eigenvalue weighted by Crippen LogP contribution is 2.27. The summed E-state index contributed by atoms with van der Waals surface area (Å²) in [5, 5.41) is 8.25. The molecule has 0 aliphatic carbocycles. The van der Waals surface area contributed by atoms with Gasteiger partial charge in [-0.25, -0.2) is 9.07 Å². The molecule has 1 amide bonds. The molecular weight excluding hydrogens is 388 g/mol. The fraction of sp³-hybridized carbons (Fsp3) is 0.200. The molecule has 1 N–H and O–H groups in total.